The minimum atomic E-state index is -0.415. The molecule has 1 aromatic carbocycles. The van der Waals surface area contributed by atoms with E-state index in [1.54, 1.807) is 37.7 Å². The second-order valence-corrected chi connectivity index (χ2v) is 9.68. The van der Waals surface area contributed by atoms with E-state index >= 15 is 0 Å². The molecule has 1 aliphatic rings. The van der Waals surface area contributed by atoms with Crippen LogP contribution in [0.3, 0.4) is 0 Å². The van der Waals surface area contributed by atoms with Crippen LogP contribution in [0.5, 0.6) is 11.5 Å². The summed E-state index contributed by atoms with van der Waals surface area (Å²) in [6, 6.07) is 3.53. The zero-order valence-electron chi connectivity index (χ0n) is 18.0. The Kier molecular flexibility index (Phi) is 6.61. The lowest BCUT2D eigenvalue weighted by Gasteiger charge is -2.17. The van der Waals surface area contributed by atoms with Crippen molar-refractivity contribution in [1.82, 2.24) is 15.0 Å². The Balaban J connectivity index is 1.48. The second-order valence-electron chi connectivity index (χ2n) is 7.74. The molecule has 2 heterocycles. The fourth-order valence-electron chi connectivity index (χ4n) is 3.86. The van der Waals surface area contributed by atoms with E-state index in [0.29, 0.717) is 32.8 Å². The highest BCUT2D eigenvalue weighted by Gasteiger charge is 2.23. The van der Waals surface area contributed by atoms with Crippen LogP contribution in [0.15, 0.2) is 32.8 Å². The van der Waals surface area contributed by atoms with E-state index in [2.05, 4.69) is 38.4 Å². The fraction of sp³-hybridized carbons (Fsp3) is 0.364. The van der Waals surface area contributed by atoms with Gasteiger partial charge in [-0.15, -0.1) is 11.3 Å². The maximum Gasteiger partial charge on any atom is 0.262 e. The first-order valence-electron chi connectivity index (χ1n) is 10.1. The summed E-state index contributed by atoms with van der Waals surface area (Å²) < 4.78 is 12.6. The van der Waals surface area contributed by atoms with Gasteiger partial charge in [0.25, 0.3) is 11.5 Å². The number of halogens is 1. The Morgan fingerprint density at radius 2 is 2.22 bits per heavy atom. The van der Waals surface area contributed by atoms with Crippen LogP contribution < -0.4 is 20.5 Å². The van der Waals surface area contributed by atoms with Gasteiger partial charge in [-0.25, -0.2) is 10.4 Å². The number of rotatable bonds is 6. The molecule has 2 aromatic heterocycles. The lowest BCUT2D eigenvalue weighted by molar-refractivity contribution is -0.121. The zero-order valence-corrected chi connectivity index (χ0v) is 20.4. The van der Waals surface area contributed by atoms with Crippen molar-refractivity contribution in [1.29, 1.82) is 0 Å². The van der Waals surface area contributed by atoms with E-state index in [9.17, 15) is 9.59 Å². The molecule has 1 atom stereocenters. The van der Waals surface area contributed by atoms with Crippen LogP contribution in [0.2, 0.25) is 0 Å². The third kappa shape index (κ3) is 4.42. The Bertz CT molecular complexity index is 1270. The maximum atomic E-state index is 13.0. The Labute approximate surface area is 197 Å². The van der Waals surface area contributed by atoms with Gasteiger partial charge in [-0.1, -0.05) is 6.92 Å². The molecule has 3 aromatic rings. The van der Waals surface area contributed by atoms with Crippen molar-refractivity contribution < 1.29 is 14.3 Å². The minimum absolute atomic E-state index is 0.157. The quantitative estimate of drug-likeness (QED) is 0.398. The number of carbonyl (C=O) groups excluding carboxylic acids is 1. The molecule has 168 valence electrons. The predicted molar refractivity (Wildman–Crippen MR) is 128 cm³/mol. The third-order valence-corrected chi connectivity index (χ3v) is 7.21. The van der Waals surface area contributed by atoms with Crippen molar-refractivity contribution in [3.63, 3.8) is 0 Å². The highest BCUT2D eigenvalue weighted by Crippen LogP contribution is 2.36. The summed E-state index contributed by atoms with van der Waals surface area (Å²) in [5.74, 6) is 1.31. The van der Waals surface area contributed by atoms with E-state index in [1.165, 1.54) is 22.0 Å². The number of thiophene rings is 1. The number of aromatic nitrogens is 2. The van der Waals surface area contributed by atoms with Gasteiger partial charge in [0.2, 0.25) is 0 Å². The van der Waals surface area contributed by atoms with E-state index in [0.717, 1.165) is 29.7 Å². The zero-order chi connectivity index (χ0) is 22.8. The summed E-state index contributed by atoms with van der Waals surface area (Å²) >= 11 is 5.01. The number of ether oxygens (including phenoxy) is 2. The van der Waals surface area contributed by atoms with Crippen LogP contribution in [0, 0.1) is 5.92 Å². The van der Waals surface area contributed by atoms with Gasteiger partial charge in [0.1, 0.15) is 11.4 Å². The number of carbonyl (C=O) groups is 1. The minimum Gasteiger partial charge on any atom is -0.493 e. The van der Waals surface area contributed by atoms with Crippen LogP contribution in [-0.4, -0.2) is 35.9 Å². The lowest BCUT2D eigenvalue weighted by atomic mass is 9.89. The Morgan fingerprint density at radius 3 is 2.97 bits per heavy atom. The van der Waals surface area contributed by atoms with Gasteiger partial charge in [0.05, 0.1) is 36.6 Å². The van der Waals surface area contributed by atoms with Crippen molar-refractivity contribution >= 4 is 49.6 Å². The van der Waals surface area contributed by atoms with Gasteiger partial charge in [-0.2, -0.15) is 5.10 Å². The third-order valence-electron chi connectivity index (χ3n) is 5.45. The molecule has 0 radical (unpaired) electrons. The number of hydrogen-bond acceptors (Lipinski definition) is 7. The van der Waals surface area contributed by atoms with Gasteiger partial charge in [0.15, 0.2) is 11.5 Å². The molecular weight excluding hydrogens is 496 g/mol. The number of hydrazone groups is 1. The van der Waals surface area contributed by atoms with Crippen LogP contribution >= 0.6 is 27.3 Å². The molecule has 1 unspecified atom stereocenters. The Morgan fingerprint density at radius 1 is 1.41 bits per heavy atom. The summed E-state index contributed by atoms with van der Waals surface area (Å²) in [4.78, 5) is 31.8. The number of methoxy groups -OCH3 is 2. The SMILES string of the molecule is COc1cc(/C=N/NC(=O)Cn2cnc3sc4c(c3c2=O)CCC(C)C4)cc(Br)c1OC. The number of aryl methyl sites for hydroxylation is 1. The first-order chi connectivity index (χ1) is 15.4. The van der Waals surface area contributed by atoms with Crippen molar-refractivity contribution in [2.75, 3.05) is 14.2 Å². The number of nitrogens with one attached hydrogen (secondary N) is 1. The van der Waals surface area contributed by atoms with Crippen LogP contribution in [0.4, 0.5) is 0 Å². The molecule has 0 bridgehead atoms. The number of nitrogens with zero attached hydrogens (tertiary/aromatic N) is 3. The molecule has 0 aliphatic heterocycles. The summed E-state index contributed by atoms with van der Waals surface area (Å²) in [5, 5.41) is 4.65. The van der Waals surface area contributed by atoms with Crippen LogP contribution in [-0.2, 0) is 24.2 Å². The molecular formula is C22H23BrN4O4S. The largest absolute Gasteiger partial charge is 0.493 e. The number of fused-ring (bicyclic) bond motifs is 3. The van der Waals surface area contributed by atoms with Gasteiger partial charge >= 0.3 is 0 Å². The van der Waals surface area contributed by atoms with E-state index in [-0.39, 0.29) is 12.1 Å². The molecule has 1 N–H and O–H groups in total. The average molecular weight is 519 g/mol. The van der Waals surface area contributed by atoms with Crippen LogP contribution in [0.25, 0.3) is 10.2 Å². The number of hydrogen-bond donors (Lipinski definition) is 1. The topological polar surface area (TPSA) is 94.8 Å². The highest BCUT2D eigenvalue weighted by molar-refractivity contribution is 9.10. The van der Waals surface area contributed by atoms with Crippen molar-refractivity contribution in [2.45, 2.75) is 32.7 Å². The van der Waals surface area contributed by atoms with Crippen molar-refractivity contribution in [2.24, 2.45) is 11.0 Å². The summed E-state index contributed by atoms with van der Waals surface area (Å²) in [7, 11) is 3.10. The van der Waals surface area contributed by atoms with E-state index in [1.807, 2.05) is 0 Å². The Hall–Kier alpha value is -2.72. The van der Waals surface area contributed by atoms with E-state index < -0.39 is 5.91 Å². The monoisotopic (exact) mass is 518 g/mol. The van der Waals surface area contributed by atoms with Gasteiger partial charge < -0.3 is 9.47 Å². The first-order valence-corrected chi connectivity index (χ1v) is 11.7. The molecule has 0 spiro atoms. The second kappa shape index (κ2) is 9.41. The predicted octanol–water partition coefficient (Wildman–Crippen LogP) is 3.51. The molecule has 1 amide bonds. The normalized spacial score (nSPS) is 15.7. The molecule has 0 fully saturated rings. The van der Waals surface area contributed by atoms with Crippen molar-refractivity contribution in [3.8, 4) is 11.5 Å². The van der Waals surface area contributed by atoms with Gasteiger partial charge in [-0.05, 0) is 64.4 Å². The van der Waals surface area contributed by atoms with Crippen molar-refractivity contribution in [3.05, 3.63) is 49.3 Å². The maximum absolute atomic E-state index is 13.0. The van der Waals surface area contributed by atoms with Gasteiger partial charge in [0, 0.05) is 4.88 Å². The average Bonchev–Trinajstić information content (AvgIpc) is 3.13. The summed E-state index contributed by atoms with van der Waals surface area (Å²) in [6.45, 7) is 2.07. The highest BCUT2D eigenvalue weighted by atomic mass is 79.9. The lowest BCUT2D eigenvalue weighted by Crippen LogP contribution is -2.30. The van der Waals surface area contributed by atoms with Gasteiger partial charge in [-0.3, -0.25) is 14.2 Å². The number of benzene rings is 1. The molecule has 8 nitrogen and oxygen atoms in total. The molecule has 4 rings (SSSR count). The molecule has 10 heteroatoms. The molecule has 0 saturated heterocycles. The molecule has 0 saturated carbocycles. The fourth-order valence-corrected chi connectivity index (χ4v) is 5.82. The standard InChI is InChI=1S/C22H23BrN4O4S/c1-12-4-5-14-17(6-12)32-21-19(14)22(29)27(11-24-21)10-18(28)26-25-9-13-7-15(23)20(31-3)16(8-13)30-2/h7-9,11-12H,4-6,10H2,1-3H3,(H,26,28)/b25-9+. The smallest absolute Gasteiger partial charge is 0.262 e. The first kappa shape index (κ1) is 22.5. The van der Waals surface area contributed by atoms with E-state index in [4.69, 9.17) is 9.47 Å². The van der Waals surface area contributed by atoms with Crippen LogP contribution in [0.1, 0.15) is 29.3 Å². The summed E-state index contributed by atoms with van der Waals surface area (Å²) in [5.41, 5.74) is 4.09. The molecule has 1 aliphatic carbocycles. The number of amides is 1. The molecule has 32 heavy (non-hydrogen) atoms. The summed E-state index contributed by atoms with van der Waals surface area (Å²) in [6.07, 6.45) is 5.86.